The molecule has 3 N–H and O–H groups in total. The van der Waals surface area contributed by atoms with Gasteiger partial charge < -0.3 is 15.6 Å². The molecule has 2 atom stereocenters. The molecule has 0 bridgehead atoms. The van der Waals surface area contributed by atoms with Crippen LogP contribution in [-0.4, -0.2) is 11.7 Å². The number of nitrogens with two attached hydrogens (primary N) is 1. The summed E-state index contributed by atoms with van der Waals surface area (Å²) < 4.78 is 6.68. The number of hydrogen-bond donors (Lipinski definition) is 2. The Hall–Kier alpha value is -1.36. The molecule has 0 saturated carbocycles. The monoisotopic (exact) mass is 335 g/mol. The van der Waals surface area contributed by atoms with Crippen LogP contribution in [0, 0.1) is 0 Å². The zero-order chi connectivity index (χ0) is 14.5. The molecule has 2 unspecified atom stereocenters. The summed E-state index contributed by atoms with van der Waals surface area (Å²) in [6, 6.07) is 15.0. The van der Waals surface area contributed by atoms with Gasteiger partial charge >= 0.3 is 0 Å². The molecule has 0 radical (unpaired) electrons. The van der Waals surface area contributed by atoms with Crippen LogP contribution >= 0.6 is 15.9 Å². The maximum absolute atomic E-state index is 10.1. The highest BCUT2D eigenvalue weighted by Crippen LogP contribution is 2.28. The normalized spacial score (nSPS) is 13.8. The number of benzene rings is 2. The van der Waals surface area contributed by atoms with Gasteiger partial charge in [-0.3, -0.25) is 0 Å². The maximum Gasteiger partial charge on any atom is 0.124 e. The van der Waals surface area contributed by atoms with E-state index in [2.05, 4.69) is 15.9 Å². The molecule has 0 spiro atoms. The number of rotatable bonds is 5. The van der Waals surface area contributed by atoms with Crippen molar-refractivity contribution in [3.63, 3.8) is 0 Å². The van der Waals surface area contributed by atoms with Crippen LogP contribution in [0.3, 0.4) is 0 Å². The van der Waals surface area contributed by atoms with E-state index in [1.165, 1.54) is 0 Å². The van der Waals surface area contributed by atoms with Gasteiger partial charge in [-0.15, -0.1) is 0 Å². The van der Waals surface area contributed by atoms with E-state index in [9.17, 15) is 5.11 Å². The molecule has 2 aromatic rings. The minimum atomic E-state index is -0.652. The van der Waals surface area contributed by atoms with Gasteiger partial charge in [0.2, 0.25) is 0 Å². The first-order valence-electron chi connectivity index (χ1n) is 6.48. The third-order valence-corrected chi connectivity index (χ3v) is 3.54. The summed E-state index contributed by atoms with van der Waals surface area (Å²) in [5, 5.41) is 10.1. The largest absolute Gasteiger partial charge is 0.490 e. The standard InChI is InChI=1S/C16H18BrNO2/c1-11(18)14-9-13(17)7-8-16(14)20-10-15(19)12-5-3-2-4-6-12/h2-9,11,15,19H,10,18H2,1H3. The van der Waals surface area contributed by atoms with Crippen LogP contribution in [0.2, 0.25) is 0 Å². The van der Waals surface area contributed by atoms with Crippen molar-refractivity contribution in [1.82, 2.24) is 0 Å². The summed E-state index contributed by atoms with van der Waals surface area (Å²) in [6.45, 7) is 2.10. The Morgan fingerprint density at radius 2 is 1.90 bits per heavy atom. The van der Waals surface area contributed by atoms with Crippen LogP contribution in [0.1, 0.15) is 30.2 Å². The van der Waals surface area contributed by atoms with Crippen molar-refractivity contribution in [3.8, 4) is 5.75 Å². The first kappa shape index (κ1) is 15.0. The number of aliphatic hydroxyl groups excluding tert-OH is 1. The molecule has 0 amide bonds. The van der Waals surface area contributed by atoms with E-state index in [0.717, 1.165) is 15.6 Å². The third kappa shape index (κ3) is 3.82. The van der Waals surface area contributed by atoms with E-state index >= 15 is 0 Å². The predicted octanol–water partition coefficient (Wildman–Crippen LogP) is 3.58. The van der Waals surface area contributed by atoms with Crippen molar-refractivity contribution in [1.29, 1.82) is 0 Å². The van der Waals surface area contributed by atoms with Crippen molar-refractivity contribution < 1.29 is 9.84 Å². The fourth-order valence-corrected chi connectivity index (χ4v) is 2.33. The maximum atomic E-state index is 10.1. The van der Waals surface area contributed by atoms with Crippen molar-refractivity contribution >= 4 is 15.9 Å². The molecule has 0 heterocycles. The molecule has 20 heavy (non-hydrogen) atoms. The van der Waals surface area contributed by atoms with E-state index in [0.29, 0.717) is 5.75 Å². The van der Waals surface area contributed by atoms with Crippen LogP contribution in [-0.2, 0) is 0 Å². The fraction of sp³-hybridized carbons (Fsp3) is 0.250. The molecule has 0 aliphatic heterocycles. The molecule has 0 aliphatic carbocycles. The molecule has 106 valence electrons. The molecule has 3 nitrogen and oxygen atoms in total. The Labute approximate surface area is 127 Å². The van der Waals surface area contributed by atoms with Crippen molar-refractivity contribution in [2.45, 2.75) is 19.1 Å². The Morgan fingerprint density at radius 1 is 1.20 bits per heavy atom. The van der Waals surface area contributed by atoms with Crippen molar-refractivity contribution in [2.75, 3.05) is 6.61 Å². The SMILES string of the molecule is CC(N)c1cc(Br)ccc1OCC(O)c1ccccc1. The molecule has 0 aromatic heterocycles. The van der Waals surface area contributed by atoms with Crippen LogP contribution in [0.25, 0.3) is 0 Å². The van der Waals surface area contributed by atoms with Crippen LogP contribution in [0.4, 0.5) is 0 Å². The van der Waals surface area contributed by atoms with E-state index in [-0.39, 0.29) is 12.6 Å². The minimum Gasteiger partial charge on any atom is -0.490 e. The highest BCUT2D eigenvalue weighted by molar-refractivity contribution is 9.10. The summed E-state index contributed by atoms with van der Waals surface area (Å²) in [5.41, 5.74) is 7.69. The van der Waals surface area contributed by atoms with Crippen LogP contribution < -0.4 is 10.5 Å². The van der Waals surface area contributed by atoms with Gasteiger partial charge in [0.05, 0.1) is 0 Å². The predicted molar refractivity (Wildman–Crippen MR) is 83.6 cm³/mol. The van der Waals surface area contributed by atoms with E-state index in [1.807, 2.05) is 55.5 Å². The van der Waals surface area contributed by atoms with Gasteiger partial charge in [0.15, 0.2) is 0 Å². The van der Waals surface area contributed by atoms with Gasteiger partial charge in [0, 0.05) is 16.1 Å². The second kappa shape index (κ2) is 6.88. The van der Waals surface area contributed by atoms with E-state index in [1.54, 1.807) is 0 Å². The van der Waals surface area contributed by atoms with Crippen molar-refractivity contribution in [2.24, 2.45) is 5.73 Å². The second-order valence-corrected chi connectivity index (χ2v) is 5.62. The number of ether oxygens (including phenoxy) is 1. The van der Waals surface area contributed by atoms with Gasteiger partial charge in [-0.1, -0.05) is 46.3 Å². The second-order valence-electron chi connectivity index (χ2n) is 4.71. The molecule has 0 fully saturated rings. The molecule has 2 rings (SSSR count). The summed E-state index contributed by atoms with van der Waals surface area (Å²) in [5.74, 6) is 0.707. The zero-order valence-corrected chi connectivity index (χ0v) is 12.9. The van der Waals surface area contributed by atoms with Gasteiger partial charge in [-0.05, 0) is 30.7 Å². The highest BCUT2D eigenvalue weighted by atomic mass is 79.9. The van der Waals surface area contributed by atoms with Gasteiger partial charge in [0.1, 0.15) is 18.5 Å². The number of aliphatic hydroxyl groups is 1. The molecule has 4 heteroatoms. The van der Waals surface area contributed by atoms with E-state index < -0.39 is 6.10 Å². The topological polar surface area (TPSA) is 55.5 Å². The average Bonchev–Trinajstić information content (AvgIpc) is 2.46. The first-order chi connectivity index (χ1) is 9.58. The van der Waals surface area contributed by atoms with Gasteiger partial charge in [-0.2, -0.15) is 0 Å². The zero-order valence-electron chi connectivity index (χ0n) is 11.3. The molecular weight excluding hydrogens is 318 g/mol. The molecule has 0 saturated heterocycles. The lowest BCUT2D eigenvalue weighted by Gasteiger charge is -2.17. The van der Waals surface area contributed by atoms with Crippen molar-refractivity contribution in [3.05, 3.63) is 64.1 Å². The summed E-state index contributed by atoms with van der Waals surface area (Å²) in [7, 11) is 0. The fourth-order valence-electron chi connectivity index (χ4n) is 1.95. The van der Waals surface area contributed by atoms with Gasteiger partial charge in [-0.25, -0.2) is 0 Å². The van der Waals surface area contributed by atoms with E-state index in [4.69, 9.17) is 10.5 Å². The summed E-state index contributed by atoms with van der Waals surface area (Å²) in [6.07, 6.45) is -0.652. The molecular formula is C16H18BrNO2. The lowest BCUT2D eigenvalue weighted by Crippen LogP contribution is -2.13. The van der Waals surface area contributed by atoms with Crippen LogP contribution in [0.15, 0.2) is 53.0 Å². The first-order valence-corrected chi connectivity index (χ1v) is 7.28. The Morgan fingerprint density at radius 3 is 2.55 bits per heavy atom. The quantitative estimate of drug-likeness (QED) is 0.877. The van der Waals surface area contributed by atoms with Gasteiger partial charge in [0.25, 0.3) is 0 Å². The minimum absolute atomic E-state index is 0.128. The lowest BCUT2D eigenvalue weighted by molar-refractivity contribution is 0.107. The number of hydrogen-bond acceptors (Lipinski definition) is 3. The Bertz CT molecular complexity index is 558. The average molecular weight is 336 g/mol. The molecule has 0 aliphatic rings. The third-order valence-electron chi connectivity index (χ3n) is 3.04. The highest BCUT2D eigenvalue weighted by Gasteiger charge is 2.12. The smallest absolute Gasteiger partial charge is 0.124 e. The number of halogens is 1. The summed E-state index contributed by atoms with van der Waals surface area (Å²) >= 11 is 3.42. The lowest BCUT2D eigenvalue weighted by atomic mass is 10.1. The Balaban J connectivity index is 2.08. The summed E-state index contributed by atoms with van der Waals surface area (Å²) in [4.78, 5) is 0. The van der Waals surface area contributed by atoms with Crippen LogP contribution in [0.5, 0.6) is 5.75 Å². The Kier molecular flexibility index (Phi) is 5.17. The molecule has 2 aromatic carbocycles.